The highest BCUT2D eigenvalue weighted by atomic mass is 79.9. The molecule has 20 heavy (non-hydrogen) atoms. The Morgan fingerprint density at radius 3 is 2.75 bits per heavy atom. The molecule has 2 aromatic carbocycles. The van der Waals surface area contributed by atoms with Crippen LogP contribution in [0.1, 0.15) is 15.9 Å². The first-order chi connectivity index (χ1) is 9.49. The van der Waals surface area contributed by atoms with Crippen molar-refractivity contribution >= 4 is 50.8 Å². The lowest BCUT2D eigenvalue weighted by Crippen LogP contribution is -2.07. The molecule has 0 bridgehead atoms. The molecule has 2 N–H and O–H groups in total. The quantitative estimate of drug-likeness (QED) is 0.626. The second kappa shape index (κ2) is 6.48. The van der Waals surface area contributed by atoms with Gasteiger partial charge in [-0.15, -0.1) is 0 Å². The van der Waals surface area contributed by atoms with Gasteiger partial charge in [-0.3, -0.25) is 0 Å². The number of carbonyl (C=O) groups excluding carboxylic acids is 1. The van der Waals surface area contributed by atoms with Crippen molar-refractivity contribution in [3.8, 4) is 0 Å². The Labute approximate surface area is 134 Å². The molecule has 0 aliphatic rings. The lowest BCUT2D eigenvalue weighted by molar-refractivity contribution is 0.0472. The largest absolute Gasteiger partial charge is 0.457 e. The predicted molar refractivity (Wildman–Crippen MR) is 84.1 cm³/mol. The summed E-state index contributed by atoms with van der Waals surface area (Å²) < 4.78 is 5.84. The lowest BCUT2D eigenvalue weighted by Gasteiger charge is -2.09. The molecule has 0 spiro atoms. The Morgan fingerprint density at radius 2 is 2.00 bits per heavy atom. The minimum absolute atomic E-state index is 0.0411. The van der Waals surface area contributed by atoms with Gasteiger partial charge >= 0.3 is 5.97 Å². The summed E-state index contributed by atoms with van der Waals surface area (Å²) in [4.78, 5) is 12.0. The van der Waals surface area contributed by atoms with Crippen LogP contribution < -0.4 is 5.73 Å². The molecule has 0 aliphatic carbocycles. The number of nitrogen functional groups attached to an aromatic ring is 1. The monoisotopic (exact) mass is 373 g/mol. The van der Waals surface area contributed by atoms with Gasteiger partial charge in [0.1, 0.15) is 6.61 Å². The van der Waals surface area contributed by atoms with Gasteiger partial charge in [-0.05, 0) is 40.2 Å². The van der Waals surface area contributed by atoms with Gasteiger partial charge in [-0.25, -0.2) is 4.79 Å². The molecule has 0 saturated carbocycles. The van der Waals surface area contributed by atoms with Crippen LogP contribution in [-0.2, 0) is 11.3 Å². The summed E-state index contributed by atoms with van der Waals surface area (Å²) in [7, 11) is 0. The smallest absolute Gasteiger partial charge is 0.339 e. The molecule has 104 valence electrons. The molecule has 0 amide bonds. The Bertz CT molecular complexity index is 662. The van der Waals surface area contributed by atoms with Crippen LogP contribution in [0.2, 0.25) is 10.0 Å². The molecular formula is C14H10BrCl2NO2. The van der Waals surface area contributed by atoms with Crippen molar-refractivity contribution in [3.63, 3.8) is 0 Å². The summed E-state index contributed by atoms with van der Waals surface area (Å²) in [6.07, 6.45) is 0. The standard InChI is InChI=1S/C14H10BrCl2NO2/c15-11-5-4-9(18)6-10(11)14(19)20-7-8-2-1-3-12(16)13(8)17/h1-6H,7,18H2. The molecule has 0 fully saturated rings. The number of anilines is 1. The van der Waals surface area contributed by atoms with E-state index in [-0.39, 0.29) is 6.61 Å². The first-order valence-electron chi connectivity index (χ1n) is 5.64. The van der Waals surface area contributed by atoms with Crippen LogP contribution in [0.4, 0.5) is 5.69 Å². The number of hydrogen-bond donors (Lipinski definition) is 1. The summed E-state index contributed by atoms with van der Waals surface area (Å²) in [5, 5.41) is 0.805. The van der Waals surface area contributed by atoms with Crippen LogP contribution in [0.15, 0.2) is 40.9 Å². The van der Waals surface area contributed by atoms with Crippen LogP contribution in [0.5, 0.6) is 0 Å². The zero-order chi connectivity index (χ0) is 14.7. The van der Waals surface area contributed by atoms with Crippen LogP contribution in [0, 0.1) is 0 Å². The van der Waals surface area contributed by atoms with Crippen LogP contribution in [-0.4, -0.2) is 5.97 Å². The maximum Gasteiger partial charge on any atom is 0.339 e. The molecule has 0 unspecified atom stereocenters. The van der Waals surface area contributed by atoms with Gasteiger partial charge in [-0.1, -0.05) is 35.3 Å². The zero-order valence-electron chi connectivity index (χ0n) is 10.2. The molecule has 0 aliphatic heterocycles. The highest BCUT2D eigenvalue weighted by Crippen LogP contribution is 2.27. The number of benzene rings is 2. The summed E-state index contributed by atoms with van der Waals surface area (Å²) in [6, 6.07) is 10.1. The van der Waals surface area contributed by atoms with Gasteiger partial charge in [0.05, 0.1) is 15.6 Å². The normalized spacial score (nSPS) is 10.3. The van der Waals surface area contributed by atoms with Crippen molar-refractivity contribution in [1.82, 2.24) is 0 Å². The van der Waals surface area contributed by atoms with E-state index in [9.17, 15) is 4.79 Å². The molecule has 2 rings (SSSR count). The fraction of sp³-hybridized carbons (Fsp3) is 0.0714. The Morgan fingerprint density at radius 1 is 1.25 bits per heavy atom. The van der Waals surface area contributed by atoms with Gasteiger partial charge in [-0.2, -0.15) is 0 Å². The summed E-state index contributed by atoms with van der Waals surface area (Å²) in [5.74, 6) is -0.486. The molecule has 0 atom stereocenters. The van der Waals surface area contributed by atoms with Crippen LogP contribution >= 0.6 is 39.1 Å². The SMILES string of the molecule is Nc1ccc(Br)c(C(=O)OCc2cccc(Cl)c2Cl)c1. The van der Waals surface area contributed by atoms with Crippen LogP contribution in [0.25, 0.3) is 0 Å². The van der Waals surface area contributed by atoms with E-state index in [0.29, 0.717) is 31.3 Å². The van der Waals surface area contributed by atoms with E-state index in [2.05, 4.69) is 15.9 Å². The van der Waals surface area contributed by atoms with Crippen molar-refractivity contribution in [2.45, 2.75) is 6.61 Å². The fourth-order valence-corrected chi connectivity index (χ4v) is 2.36. The molecule has 3 nitrogen and oxygen atoms in total. The van der Waals surface area contributed by atoms with Gasteiger partial charge in [0, 0.05) is 15.7 Å². The van der Waals surface area contributed by atoms with E-state index in [4.69, 9.17) is 33.7 Å². The van der Waals surface area contributed by atoms with E-state index in [1.165, 1.54) is 0 Å². The summed E-state index contributed by atoms with van der Waals surface area (Å²) >= 11 is 15.2. The number of nitrogens with two attached hydrogens (primary N) is 1. The zero-order valence-corrected chi connectivity index (χ0v) is 13.3. The maximum atomic E-state index is 12.0. The first-order valence-corrected chi connectivity index (χ1v) is 7.19. The minimum Gasteiger partial charge on any atom is -0.457 e. The van der Waals surface area contributed by atoms with Crippen molar-refractivity contribution in [2.24, 2.45) is 0 Å². The second-order valence-corrected chi connectivity index (χ2v) is 5.67. The van der Waals surface area contributed by atoms with E-state index < -0.39 is 5.97 Å². The van der Waals surface area contributed by atoms with Crippen molar-refractivity contribution in [3.05, 3.63) is 62.0 Å². The molecule has 0 aromatic heterocycles. The molecule has 2 aromatic rings. The fourth-order valence-electron chi connectivity index (χ4n) is 1.58. The number of rotatable bonds is 3. The van der Waals surface area contributed by atoms with Gasteiger partial charge in [0.15, 0.2) is 0 Å². The van der Waals surface area contributed by atoms with Crippen LogP contribution in [0.3, 0.4) is 0 Å². The van der Waals surface area contributed by atoms with E-state index >= 15 is 0 Å². The number of carbonyl (C=O) groups is 1. The Hall–Kier alpha value is -1.23. The number of halogens is 3. The number of esters is 1. The minimum atomic E-state index is -0.486. The van der Waals surface area contributed by atoms with E-state index in [1.807, 2.05) is 0 Å². The third-order valence-corrected chi connectivity index (χ3v) is 4.15. The third-order valence-electron chi connectivity index (χ3n) is 2.60. The number of ether oxygens (including phenoxy) is 1. The average Bonchev–Trinajstić information content (AvgIpc) is 2.43. The summed E-state index contributed by atoms with van der Waals surface area (Å²) in [6.45, 7) is 0.0411. The summed E-state index contributed by atoms with van der Waals surface area (Å²) in [5.41, 5.74) is 7.15. The van der Waals surface area contributed by atoms with Gasteiger partial charge in [0.2, 0.25) is 0 Å². The number of hydrogen-bond acceptors (Lipinski definition) is 3. The Kier molecular flexibility index (Phi) is 4.91. The van der Waals surface area contributed by atoms with Gasteiger partial charge in [0.25, 0.3) is 0 Å². The second-order valence-electron chi connectivity index (χ2n) is 4.03. The third kappa shape index (κ3) is 3.45. The Balaban J connectivity index is 2.13. The van der Waals surface area contributed by atoms with E-state index in [0.717, 1.165) is 0 Å². The van der Waals surface area contributed by atoms with Crippen molar-refractivity contribution < 1.29 is 9.53 Å². The maximum absolute atomic E-state index is 12.0. The highest BCUT2D eigenvalue weighted by Gasteiger charge is 2.13. The molecule has 0 saturated heterocycles. The topological polar surface area (TPSA) is 52.3 Å². The lowest BCUT2D eigenvalue weighted by atomic mass is 10.2. The van der Waals surface area contributed by atoms with Crippen molar-refractivity contribution in [1.29, 1.82) is 0 Å². The molecule has 0 radical (unpaired) electrons. The first kappa shape index (κ1) is 15.2. The predicted octanol–water partition coefficient (Wildman–Crippen LogP) is 4.70. The average molecular weight is 375 g/mol. The molecule has 0 heterocycles. The highest BCUT2D eigenvalue weighted by molar-refractivity contribution is 9.10. The van der Waals surface area contributed by atoms with E-state index in [1.54, 1.807) is 36.4 Å². The molecular weight excluding hydrogens is 365 g/mol. The van der Waals surface area contributed by atoms with Crippen molar-refractivity contribution in [2.75, 3.05) is 5.73 Å². The van der Waals surface area contributed by atoms with Gasteiger partial charge < -0.3 is 10.5 Å². The molecule has 6 heteroatoms.